The maximum Gasteiger partial charge on any atom is 0.303 e. The van der Waals surface area contributed by atoms with Crippen molar-refractivity contribution in [2.75, 3.05) is 20.8 Å². The van der Waals surface area contributed by atoms with Gasteiger partial charge in [0.15, 0.2) is 17.1 Å². The Labute approximate surface area is 212 Å². The molecule has 1 amide bonds. The second kappa shape index (κ2) is 10.6. The number of methoxy groups -OCH3 is 2. The van der Waals surface area contributed by atoms with Gasteiger partial charge >= 0.3 is 5.97 Å². The predicted octanol–water partition coefficient (Wildman–Crippen LogP) is 5.51. The molecule has 0 saturated carbocycles. The lowest BCUT2D eigenvalue weighted by Crippen LogP contribution is -2.47. The second-order valence-corrected chi connectivity index (χ2v) is 9.67. The van der Waals surface area contributed by atoms with Crippen molar-refractivity contribution in [1.82, 2.24) is 10.3 Å². The standard InChI is InChI=1S/C29H36N2O5/c1-6-22-23-16-20(19-8-7-14-29(3,36-18(2)32)28(33)30-15-13-19)9-11-24(23)31-27(22)21-10-12-25(34-4)26(17-21)35-5/h9-12,16-17,19,31H,6-8,13-15H2,1-5H3,(H,30,33). The molecule has 1 saturated heterocycles. The number of benzene rings is 2. The van der Waals surface area contributed by atoms with Crippen LogP contribution in [0.5, 0.6) is 11.5 Å². The Kier molecular flexibility index (Phi) is 7.57. The van der Waals surface area contributed by atoms with E-state index in [2.05, 4.69) is 35.4 Å². The minimum absolute atomic E-state index is 0.215. The van der Waals surface area contributed by atoms with E-state index in [0.717, 1.165) is 42.5 Å². The van der Waals surface area contributed by atoms with Crippen LogP contribution in [-0.2, 0) is 20.7 Å². The molecule has 0 bridgehead atoms. The van der Waals surface area contributed by atoms with E-state index in [-0.39, 0.29) is 5.91 Å². The number of carbonyl (C=O) groups excluding carboxylic acids is 2. The first kappa shape index (κ1) is 25.6. The van der Waals surface area contributed by atoms with Gasteiger partial charge in [0.05, 0.1) is 14.2 Å². The number of fused-ring (bicyclic) bond motifs is 1. The normalized spacial score (nSPS) is 20.7. The molecule has 2 N–H and O–H groups in total. The molecule has 36 heavy (non-hydrogen) atoms. The Morgan fingerprint density at radius 3 is 2.56 bits per heavy atom. The Morgan fingerprint density at radius 1 is 1.08 bits per heavy atom. The summed E-state index contributed by atoms with van der Waals surface area (Å²) in [6.07, 6.45) is 3.94. The maximum absolute atomic E-state index is 12.7. The Bertz CT molecular complexity index is 1260. The van der Waals surface area contributed by atoms with Crippen molar-refractivity contribution in [1.29, 1.82) is 0 Å². The molecule has 7 nitrogen and oxygen atoms in total. The number of aryl methyl sites for hydroxylation is 1. The molecule has 0 radical (unpaired) electrons. The number of amides is 1. The van der Waals surface area contributed by atoms with E-state index in [1.807, 2.05) is 18.2 Å². The fourth-order valence-corrected chi connectivity index (χ4v) is 5.36. The molecule has 2 heterocycles. The molecule has 1 aliphatic heterocycles. The van der Waals surface area contributed by atoms with E-state index < -0.39 is 11.6 Å². The molecule has 192 valence electrons. The highest BCUT2D eigenvalue weighted by atomic mass is 16.6. The minimum Gasteiger partial charge on any atom is -0.493 e. The zero-order chi connectivity index (χ0) is 25.9. The van der Waals surface area contributed by atoms with Crippen molar-refractivity contribution >= 4 is 22.8 Å². The monoisotopic (exact) mass is 492 g/mol. The first-order valence-electron chi connectivity index (χ1n) is 12.6. The SMILES string of the molecule is CCc1c(-c2ccc(OC)c(OC)c2)[nH]c2ccc(C3CCCC(C)(OC(C)=O)C(=O)NCC3)cc12. The number of hydrogen-bond acceptors (Lipinski definition) is 5. The van der Waals surface area contributed by atoms with Crippen molar-refractivity contribution in [3.05, 3.63) is 47.5 Å². The number of aromatic amines is 1. The first-order chi connectivity index (χ1) is 17.3. The molecule has 1 aliphatic rings. The van der Waals surface area contributed by atoms with Crippen LogP contribution in [0.2, 0.25) is 0 Å². The highest BCUT2D eigenvalue weighted by Crippen LogP contribution is 2.38. The molecule has 1 aromatic heterocycles. The average molecular weight is 493 g/mol. The molecule has 3 aromatic rings. The lowest BCUT2D eigenvalue weighted by Gasteiger charge is -2.27. The summed E-state index contributed by atoms with van der Waals surface area (Å²) in [7, 11) is 3.29. The number of aromatic nitrogens is 1. The molecule has 2 atom stereocenters. The van der Waals surface area contributed by atoms with Crippen LogP contribution >= 0.6 is 0 Å². The number of nitrogens with one attached hydrogen (secondary N) is 2. The lowest BCUT2D eigenvalue weighted by atomic mass is 9.88. The van der Waals surface area contributed by atoms with Crippen LogP contribution in [0.25, 0.3) is 22.2 Å². The second-order valence-electron chi connectivity index (χ2n) is 9.67. The van der Waals surface area contributed by atoms with Gasteiger partial charge in [0.1, 0.15) is 0 Å². The summed E-state index contributed by atoms with van der Waals surface area (Å²) in [5, 5.41) is 4.20. The van der Waals surface area contributed by atoms with E-state index >= 15 is 0 Å². The maximum atomic E-state index is 12.7. The Balaban J connectivity index is 1.64. The predicted molar refractivity (Wildman–Crippen MR) is 141 cm³/mol. The molecule has 4 rings (SSSR count). The van der Waals surface area contributed by atoms with E-state index in [9.17, 15) is 9.59 Å². The molecule has 2 unspecified atom stereocenters. The van der Waals surface area contributed by atoms with Crippen molar-refractivity contribution < 1.29 is 23.8 Å². The molecular weight excluding hydrogens is 456 g/mol. The number of rotatable bonds is 6. The van der Waals surface area contributed by atoms with Crippen molar-refractivity contribution in [3.8, 4) is 22.8 Å². The van der Waals surface area contributed by atoms with Gasteiger partial charge in [0.25, 0.3) is 5.91 Å². The Hall–Kier alpha value is -3.48. The summed E-state index contributed by atoms with van der Waals surface area (Å²) < 4.78 is 16.3. The van der Waals surface area contributed by atoms with Crippen molar-refractivity contribution in [2.24, 2.45) is 0 Å². The number of ether oxygens (including phenoxy) is 3. The van der Waals surface area contributed by atoms with Gasteiger partial charge in [-0.2, -0.15) is 0 Å². The van der Waals surface area contributed by atoms with Gasteiger partial charge < -0.3 is 24.5 Å². The summed E-state index contributed by atoms with van der Waals surface area (Å²) in [5.41, 5.74) is 4.65. The topological polar surface area (TPSA) is 89.7 Å². The van der Waals surface area contributed by atoms with Gasteiger partial charge in [-0.15, -0.1) is 0 Å². The van der Waals surface area contributed by atoms with Gasteiger partial charge in [0.2, 0.25) is 0 Å². The molecule has 2 aromatic carbocycles. The third kappa shape index (κ3) is 5.06. The van der Waals surface area contributed by atoms with Crippen LogP contribution in [0.4, 0.5) is 0 Å². The molecule has 1 fully saturated rings. The van der Waals surface area contributed by atoms with E-state index in [4.69, 9.17) is 14.2 Å². The number of carbonyl (C=O) groups is 2. The first-order valence-corrected chi connectivity index (χ1v) is 12.6. The lowest BCUT2D eigenvalue weighted by molar-refractivity contribution is -0.165. The molecule has 0 aliphatic carbocycles. The van der Waals surface area contributed by atoms with Crippen LogP contribution < -0.4 is 14.8 Å². The zero-order valence-corrected chi connectivity index (χ0v) is 21.8. The van der Waals surface area contributed by atoms with Crippen molar-refractivity contribution in [2.45, 2.75) is 64.4 Å². The third-order valence-corrected chi connectivity index (χ3v) is 7.26. The fraction of sp³-hybridized carbons (Fsp3) is 0.448. The molecule has 7 heteroatoms. The van der Waals surface area contributed by atoms with Crippen LogP contribution in [0.1, 0.15) is 63.5 Å². The van der Waals surface area contributed by atoms with Crippen molar-refractivity contribution in [3.63, 3.8) is 0 Å². The highest BCUT2D eigenvalue weighted by Gasteiger charge is 2.37. The van der Waals surface area contributed by atoms with E-state index in [1.54, 1.807) is 21.1 Å². The van der Waals surface area contributed by atoms with Crippen LogP contribution in [0, 0.1) is 0 Å². The quantitative estimate of drug-likeness (QED) is 0.443. The van der Waals surface area contributed by atoms with Gasteiger partial charge in [-0.3, -0.25) is 9.59 Å². The van der Waals surface area contributed by atoms with E-state index in [1.165, 1.54) is 23.4 Å². The zero-order valence-electron chi connectivity index (χ0n) is 21.8. The minimum atomic E-state index is -1.12. The summed E-state index contributed by atoms with van der Waals surface area (Å²) >= 11 is 0. The largest absolute Gasteiger partial charge is 0.493 e. The van der Waals surface area contributed by atoms with E-state index in [0.29, 0.717) is 30.4 Å². The van der Waals surface area contributed by atoms with Crippen LogP contribution in [0.3, 0.4) is 0 Å². The number of H-pyrrole nitrogens is 1. The highest BCUT2D eigenvalue weighted by molar-refractivity contribution is 5.92. The molecular formula is C29H36N2O5. The fourth-order valence-electron chi connectivity index (χ4n) is 5.36. The number of hydrogen-bond donors (Lipinski definition) is 2. The molecule has 0 spiro atoms. The van der Waals surface area contributed by atoms with Crippen LogP contribution in [-0.4, -0.2) is 43.2 Å². The van der Waals surface area contributed by atoms with Gasteiger partial charge in [0, 0.05) is 35.6 Å². The summed E-state index contributed by atoms with van der Waals surface area (Å²) in [6.45, 7) is 5.77. The number of esters is 1. The average Bonchev–Trinajstić information content (AvgIpc) is 3.26. The smallest absolute Gasteiger partial charge is 0.303 e. The summed E-state index contributed by atoms with van der Waals surface area (Å²) in [4.78, 5) is 27.9. The van der Waals surface area contributed by atoms with Crippen LogP contribution in [0.15, 0.2) is 36.4 Å². The van der Waals surface area contributed by atoms with Gasteiger partial charge in [-0.25, -0.2) is 0 Å². The third-order valence-electron chi connectivity index (χ3n) is 7.26. The summed E-state index contributed by atoms with van der Waals surface area (Å²) in [6, 6.07) is 12.6. The Morgan fingerprint density at radius 2 is 1.86 bits per heavy atom. The van der Waals surface area contributed by atoms with Gasteiger partial charge in [-0.05, 0) is 86.4 Å². The van der Waals surface area contributed by atoms with Gasteiger partial charge in [-0.1, -0.05) is 13.0 Å². The summed E-state index contributed by atoms with van der Waals surface area (Å²) in [5.74, 6) is 1.06.